The summed E-state index contributed by atoms with van der Waals surface area (Å²) in [5.74, 6) is 0.990. The molecule has 2 fully saturated rings. The predicted octanol–water partition coefficient (Wildman–Crippen LogP) is 2.15. The summed E-state index contributed by atoms with van der Waals surface area (Å²) in [6.45, 7) is 4.60. The molecule has 1 amide bonds. The molecule has 1 aromatic rings. The van der Waals surface area contributed by atoms with Crippen molar-refractivity contribution >= 4 is 5.91 Å². The van der Waals surface area contributed by atoms with E-state index in [2.05, 4.69) is 0 Å². The maximum atomic E-state index is 12.7. The summed E-state index contributed by atoms with van der Waals surface area (Å²) in [6.07, 6.45) is 3.04. The Morgan fingerprint density at radius 2 is 2.12 bits per heavy atom. The molecule has 0 radical (unpaired) electrons. The monoisotopic (exact) mass is 333 g/mol. The predicted molar refractivity (Wildman–Crippen MR) is 91.0 cm³/mol. The van der Waals surface area contributed by atoms with Crippen LogP contribution in [-0.2, 0) is 9.53 Å². The number of likely N-dealkylation sites (tertiary alicyclic amines) is 1. The van der Waals surface area contributed by atoms with Crippen LogP contribution >= 0.6 is 0 Å². The van der Waals surface area contributed by atoms with Gasteiger partial charge in [0.15, 0.2) is 0 Å². The Morgan fingerprint density at radius 1 is 1.38 bits per heavy atom. The summed E-state index contributed by atoms with van der Waals surface area (Å²) in [5, 5.41) is 10.9. The first kappa shape index (κ1) is 17.2. The van der Waals surface area contributed by atoms with E-state index in [4.69, 9.17) is 9.47 Å². The molecule has 0 bridgehead atoms. The van der Waals surface area contributed by atoms with Gasteiger partial charge in [0.05, 0.1) is 6.54 Å². The summed E-state index contributed by atoms with van der Waals surface area (Å²) in [7, 11) is 0. The van der Waals surface area contributed by atoms with Crippen molar-refractivity contribution in [1.29, 1.82) is 0 Å². The number of benzene rings is 1. The van der Waals surface area contributed by atoms with Gasteiger partial charge in [-0.2, -0.15) is 0 Å². The molecule has 1 atom stereocenters. The average molecular weight is 333 g/mol. The van der Waals surface area contributed by atoms with Crippen LogP contribution in [0.5, 0.6) is 5.75 Å². The number of amides is 1. The Morgan fingerprint density at radius 3 is 2.88 bits per heavy atom. The third-order valence-corrected chi connectivity index (χ3v) is 5.03. The van der Waals surface area contributed by atoms with E-state index in [0.717, 1.165) is 37.1 Å². The number of piperidine rings is 1. The lowest BCUT2D eigenvalue weighted by atomic mass is 9.91. The molecule has 0 unspecified atom stereocenters. The maximum absolute atomic E-state index is 12.7. The van der Waals surface area contributed by atoms with Crippen LogP contribution in [0, 0.1) is 12.8 Å². The van der Waals surface area contributed by atoms with Crippen molar-refractivity contribution in [1.82, 2.24) is 4.90 Å². The number of nitrogens with zero attached hydrogens (tertiary/aromatic N) is 1. The summed E-state index contributed by atoms with van der Waals surface area (Å²) < 4.78 is 11.2. The highest BCUT2D eigenvalue weighted by Gasteiger charge is 2.38. The molecule has 1 N–H and O–H groups in total. The van der Waals surface area contributed by atoms with Crippen LogP contribution in [0.2, 0.25) is 0 Å². The molecule has 0 aliphatic carbocycles. The third-order valence-electron chi connectivity index (χ3n) is 5.03. The van der Waals surface area contributed by atoms with Gasteiger partial charge in [0.25, 0.3) is 0 Å². The standard InChI is InChI=1S/C19H27NO4/c1-15-5-2-3-6-17(15)24-14-19(22)9-4-10-20(13-19)18(21)16-7-11-23-12-8-16/h2-3,5-6,16,22H,4,7-14H2,1H3/t19-/m1/s1. The second-order valence-corrected chi connectivity index (χ2v) is 7.03. The fourth-order valence-corrected chi connectivity index (χ4v) is 3.55. The van der Waals surface area contributed by atoms with E-state index in [1.807, 2.05) is 36.1 Å². The van der Waals surface area contributed by atoms with Crippen LogP contribution in [0.25, 0.3) is 0 Å². The number of ether oxygens (including phenoxy) is 2. The molecule has 1 aromatic carbocycles. The van der Waals surface area contributed by atoms with E-state index < -0.39 is 5.60 Å². The van der Waals surface area contributed by atoms with Crippen molar-refractivity contribution < 1.29 is 19.4 Å². The zero-order chi connectivity index (χ0) is 17.0. The van der Waals surface area contributed by atoms with Gasteiger partial charge in [-0.15, -0.1) is 0 Å². The number of para-hydroxylation sites is 1. The van der Waals surface area contributed by atoms with E-state index in [9.17, 15) is 9.90 Å². The van der Waals surface area contributed by atoms with Gasteiger partial charge >= 0.3 is 0 Å². The molecule has 0 aromatic heterocycles. The van der Waals surface area contributed by atoms with Crippen LogP contribution in [0.15, 0.2) is 24.3 Å². The first-order valence-corrected chi connectivity index (χ1v) is 8.85. The molecule has 3 rings (SSSR count). The molecule has 0 spiro atoms. The summed E-state index contributed by atoms with van der Waals surface area (Å²) in [6, 6.07) is 7.79. The Balaban J connectivity index is 1.59. The van der Waals surface area contributed by atoms with Gasteiger partial charge in [-0.1, -0.05) is 18.2 Å². The molecule has 24 heavy (non-hydrogen) atoms. The minimum Gasteiger partial charge on any atom is -0.490 e. The van der Waals surface area contributed by atoms with Gasteiger partial charge in [-0.05, 0) is 44.2 Å². The third kappa shape index (κ3) is 4.08. The molecule has 5 heteroatoms. The molecule has 2 aliphatic heterocycles. The Kier molecular flexibility index (Phi) is 5.41. The number of carbonyl (C=O) groups is 1. The van der Waals surface area contributed by atoms with Crippen molar-refractivity contribution in [2.24, 2.45) is 5.92 Å². The molecular weight excluding hydrogens is 306 g/mol. The zero-order valence-electron chi connectivity index (χ0n) is 14.4. The highest BCUT2D eigenvalue weighted by molar-refractivity contribution is 5.79. The smallest absolute Gasteiger partial charge is 0.225 e. The van der Waals surface area contributed by atoms with E-state index in [1.165, 1.54) is 0 Å². The summed E-state index contributed by atoms with van der Waals surface area (Å²) >= 11 is 0. The first-order valence-electron chi connectivity index (χ1n) is 8.85. The fourth-order valence-electron chi connectivity index (χ4n) is 3.55. The average Bonchev–Trinajstić information content (AvgIpc) is 2.61. The van der Waals surface area contributed by atoms with Crippen LogP contribution in [0.3, 0.4) is 0 Å². The van der Waals surface area contributed by atoms with Gasteiger partial charge in [0, 0.05) is 25.7 Å². The van der Waals surface area contributed by atoms with Crippen molar-refractivity contribution in [3.63, 3.8) is 0 Å². The number of β-amino-alcohol motifs (C(OH)–C–C–N with tert-alkyl or cyclic N) is 1. The van der Waals surface area contributed by atoms with Crippen molar-refractivity contribution in [3.8, 4) is 5.75 Å². The van der Waals surface area contributed by atoms with Gasteiger partial charge < -0.3 is 19.5 Å². The Hall–Kier alpha value is -1.59. The molecule has 5 nitrogen and oxygen atoms in total. The largest absolute Gasteiger partial charge is 0.490 e. The molecule has 2 saturated heterocycles. The minimum atomic E-state index is -0.971. The molecule has 0 saturated carbocycles. The van der Waals surface area contributed by atoms with E-state index >= 15 is 0 Å². The van der Waals surface area contributed by atoms with Crippen LogP contribution in [0.1, 0.15) is 31.2 Å². The van der Waals surface area contributed by atoms with Gasteiger partial charge in [-0.25, -0.2) is 0 Å². The molecule has 2 heterocycles. The number of carbonyl (C=O) groups excluding carboxylic acids is 1. The number of rotatable bonds is 4. The highest BCUT2D eigenvalue weighted by Crippen LogP contribution is 2.27. The molecule has 2 aliphatic rings. The van der Waals surface area contributed by atoms with E-state index in [-0.39, 0.29) is 18.4 Å². The zero-order valence-corrected chi connectivity index (χ0v) is 14.4. The van der Waals surface area contributed by atoms with Gasteiger partial charge in [0.2, 0.25) is 5.91 Å². The number of hydrogen-bond donors (Lipinski definition) is 1. The van der Waals surface area contributed by atoms with Gasteiger partial charge in [0.1, 0.15) is 18.0 Å². The minimum absolute atomic E-state index is 0.0402. The van der Waals surface area contributed by atoms with E-state index in [0.29, 0.717) is 26.2 Å². The topological polar surface area (TPSA) is 59.0 Å². The van der Waals surface area contributed by atoms with Gasteiger partial charge in [-0.3, -0.25) is 4.79 Å². The van der Waals surface area contributed by atoms with Crippen molar-refractivity contribution in [3.05, 3.63) is 29.8 Å². The number of hydrogen-bond acceptors (Lipinski definition) is 4. The Labute approximate surface area is 143 Å². The lowest BCUT2D eigenvalue weighted by molar-refractivity contribution is -0.147. The Bertz CT molecular complexity index is 570. The van der Waals surface area contributed by atoms with Crippen molar-refractivity contribution in [2.45, 2.75) is 38.2 Å². The van der Waals surface area contributed by atoms with Crippen LogP contribution in [-0.4, -0.2) is 54.4 Å². The second kappa shape index (κ2) is 7.53. The normalized spacial score (nSPS) is 25.5. The molecule has 132 valence electrons. The maximum Gasteiger partial charge on any atom is 0.225 e. The number of aliphatic hydroxyl groups is 1. The SMILES string of the molecule is Cc1ccccc1OC[C@@]1(O)CCCN(C(=O)C2CCOCC2)C1. The van der Waals surface area contributed by atoms with E-state index in [1.54, 1.807) is 0 Å². The van der Waals surface area contributed by atoms with Crippen LogP contribution < -0.4 is 4.74 Å². The van der Waals surface area contributed by atoms with Crippen LogP contribution in [0.4, 0.5) is 0 Å². The summed E-state index contributed by atoms with van der Waals surface area (Å²) in [4.78, 5) is 14.5. The number of aryl methyl sites for hydroxylation is 1. The first-order chi connectivity index (χ1) is 11.6. The van der Waals surface area contributed by atoms with Crippen molar-refractivity contribution in [2.75, 3.05) is 32.9 Å². The molecular formula is C19H27NO4. The second-order valence-electron chi connectivity index (χ2n) is 7.03. The lowest BCUT2D eigenvalue weighted by Gasteiger charge is -2.40. The fraction of sp³-hybridized carbons (Fsp3) is 0.632. The summed E-state index contributed by atoms with van der Waals surface area (Å²) in [5.41, 5.74) is 0.0773. The highest BCUT2D eigenvalue weighted by atomic mass is 16.5. The quantitative estimate of drug-likeness (QED) is 0.917. The lowest BCUT2D eigenvalue weighted by Crippen LogP contribution is -2.54.